The number of non-ortho nitro benzene ring substituents is 1. The number of fused-ring (bicyclic) bond motifs is 2. The van der Waals surface area contributed by atoms with E-state index in [0.29, 0.717) is 29.3 Å². The molecule has 1 N–H and O–H groups in total. The first kappa shape index (κ1) is 23.9. The number of halogens is 1. The SMILES string of the molecule is Cc1ccc(NC(=O)C23CCC(C)(C(=NOC(=O)c4cccc([N+](=O)[O-])c4)C2)C3(C)C)cc1Cl. The van der Waals surface area contributed by atoms with E-state index in [0.717, 1.165) is 18.1 Å². The summed E-state index contributed by atoms with van der Waals surface area (Å²) in [6, 6.07) is 10.7. The fourth-order valence-corrected chi connectivity index (χ4v) is 5.52. The van der Waals surface area contributed by atoms with Gasteiger partial charge in [-0.3, -0.25) is 14.9 Å². The molecule has 0 aliphatic heterocycles. The Hall–Kier alpha value is -3.26. The number of nitro benzene ring substituents is 1. The maximum atomic E-state index is 13.6. The molecule has 2 atom stereocenters. The Morgan fingerprint density at radius 1 is 1.15 bits per heavy atom. The minimum atomic E-state index is -0.784. The number of hydrogen-bond acceptors (Lipinski definition) is 6. The molecule has 2 aromatic rings. The quantitative estimate of drug-likeness (QED) is 0.322. The van der Waals surface area contributed by atoms with Gasteiger partial charge in [-0.05, 0) is 48.9 Å². The molecule has 2 saturated carbocycles. The lowest BCUT2D eigenvalue weighted by molar-refractivity contribution is -0.384. The highest BCUT2D eigenvalue weighted by atomic mass is 35.5. The number of nitro groups is 1. The standard InChI is InChI=1S/C25H26ClN3O5/c1-15-8-9-17(13-19(15)26)27-22(31)25-11-10-24(4,23(25,2)3)20(14-25)28-34-21(30)16-6-5-7-18(12-16)29(32)33/h5-9,12-13H,10-11,14H2,1-4H3,(H,27,31). The van der Waals surface area contributed by atoms with Crippen LogP contribution in [0.5, 0.6) is 0 Å². The Labute approximate surface area is 202 Å². The Morgan fingerprint density at radius 3 is 2.56 bits per heavy atom. The van der Waals surface area contributed by atoms with E-state index < -0.39 is 27.1 Å². The van der Waals surface area contributed by atoms with Crippen molar-refractivity contribution in [1.29, 1.82) is 0 Å². The van der Waals surface area contributed by atoms with E-state index >= 15 is 0 Å². The van der Waals surface area contributed by atoms with Gasteiger partial charge in [-0.15, -0.1) is 0 Å². The fraction of sp³-hybridized carbons (Fsp3) is 0.400. The van der Waals surface area contributed by atoms with Crippen molar-refractivity contribution in [3.05, 3.63) is 68.7 Å². The summed E-state index contributed by atoms with van der Waals surface area (Å²) in [5.41, 5.74) is 0.398. The van der Waals surface area contributed by atoms with E-state index in [1.807, 2.05) is 39.8 Å². The zero-order valence-corrected chi connectivity index (χ0v) is 20.2. The molecule has 4 rings (SSSR count). The topological polar surface area (TPSA) is 111 Å². The van der Waals surface area contributed by atoms with Crippen LogP contribution in [-0.2, 0) is 9.63 Å². The average Bonchev–Trinajstić information content (AvgIpc) is 3.10. The van der Waals surface area contributed by atoms with Gasteiger partial charge in [-0.25, -0.2) is 4.79 Å². The van der Waals surface area contributed by atoms with Gasteiger partial charge in [0.15, 0.2) is 0 Å². The van der Waals surface area contributed by atoms with Crippen LogP contribution in [0.25, 0.3) is 0 Å². The number of carbonyl (C=O) groups excluding carboxylic acids is 2. The van der Waals surface area contributed by atoms with E-state index in [9.17, 15) is 19.7 Å². The summed E-state index contributed by atoms with van der Waals surface area (Å²) in [5.74, 6) is -0.899. The van der Waals surface area contributed by atoms with Gasteiger partial charge in [-0.1, -0.05) is 49.7 Å². The lowest BCUT2D eigenvalue weighted by Crippen LogP contribution is -2.43. The number of amides is 1. The highest BCUT2D eigenvalue weighted by Crippen LogP contribution is 2.71. The molecule has 2 bridgehead atoms. The second-order valence-electron chi connectivity index (χ2n) is 9.86. The molecule has 2 aliphatic carbocycles. The second kappa shape index (κ2) is 8.20. The predicted molar refractivity (Wildman–Crippen MR) is 129 cm³/mol. The zero-order chi connectivity index (χ0) is 24.9. The van der Waals surface area contributed by atoms with Crippen molar-refractivity contribution in [3.63, 3.8) is 0 Å². The third-order valence-electron chi connectivity index (χ3n) is 8.13. The van der Waals surface area contributed by atoms with E-state index in [2.05, 4.69) is 10.5 Å². The van der Waals surface area contributed by atoms with Crippen molar-refractivity contribution in [2.75, 3.05) is 5.32 Å². The number of nitrogens with one attached hydrogen (secondary N) is 1. The highest BCUT2D eigenvalue weighted by Gasteiger charge is 2.71. The number of nitrogens with zero attached hydrogens (tertiary/aromatic N) is 2. The number of rotatable bonds is 5. The van der Waals surface area contributed by atoms with Gasteiger partial charge in [-0.2, -0.15) is 0 Å². The van der Waals surface area contributed by atoms with Crippen molar-refractivity contribution in [2.45, 2.75) is 47.0 Å². The normalized spacial score (nSPS) is 25.9. The van der Waals surface area contributed by atoms with Crippen LogP contribution in [0.4, 0.5) is 11.4 Å². The molecule has 2 aliphatic rings. The first-order chi connectivity index (χ1) is 15.9. The lowest BCUT2D eigenvalue weighted by atomic mass is 9.64. The third kappa shape index (κ3) is 3.57. The van der Waals surface area contributed by atoms with Crippen molar-refractivity contribution >= 4 is 40.6 Å². The molecule has 34 heavy (non-hydrogen) atoms. The van der Waals surface area contributed by atoms with Gasteiger partial charge in [0.2, 0.25) is 5.91 Å². The molecule has 9 heteroatoms. The van der Waals surface area contributed by atoms with Crippen molar-refractivity contribution in [2.24, 2.45) is 21.4 Å². The van der Waals surface area contributed by atoms with Gasteiger partial charge >= 0.3 is 5.97 Å². The molecule has 0 heterocycles. The Morgan fingerprint density at radius 2 is 1.88 bits per heavy atom. The smallest absolute Gasteiger partial charge is 0.326 e. The summed E-state index contributed by atoms with van der Waals surface area (Å²) in [4.78, 5) is 41.7. The molecule has 2 fully saturated rings. The summed E-state index contributed by atoms with van der Waals surface area (Å²) in [6.45, 7) is 8.03. The van der Waals surface area contributed by atoms with Crippen LogP contribution in [0.1, 0.15) is 56.0 Å². The van der Waals surface area contributed by atoms with Crippen molar-refractivity contribution in [3.8, 4) is 0 Å². The Balaban J connectivity index is 1.58. The van der Waals surface area contributed by atoms with Crippen LogP contribution in [0.3, 0.4) is 0 Å². The first-order valence-corrected chi connectivity index (χ1v) is 11.4. The molecule has 0 radical (unpaired) electrons. The van der Waals surface area contributed by atoms with E-state index in [4.69, 9.17) is 16.4 Å². The van der Waals surface area contributed by atoms with Gasteiger partial charge in [0, 0.05) is 34.7 Å². The number of hydrogen-bond donors (Lipinski definition) is 1. The number of aryl methyl sites for hydroxylation is 1. The molecule has 178 valence electrons. The molecule has 0 spiro atoms. The van der Waals surface area contributed by atoms with Crippen LogP contribution < -0.4 is 5.32 Å². The van der Waals surface area contributed by atoms with Crippen LogP contribution in [0.15, 0.2) is 47.6 Å². The van der Waals surface area contributed by atoms with Gasteiger partial charge in [0.1, 0.15) is 0 Å². The lowest BCUT2D eigenvalue weighted by Gasteiger charge is -2.39. The Kier molecular flexibility index (Phi) is 5.76. The van der Waals surface area contributed by atoms with Gasteiger partial charge < -0.3 is 10.2 Å². The fourth-order valence-electron chi connectivity index (χ4n) is 5.34. The van der Waals surface area contributed by atoms with E-state index in [1.54, 1.807) is 6.07 Å². The largest absolute Gasteiger partial charge is 0.365 e. The first-order valence-electron chi connectivity index (χ1n) is 11.0. The van der Waals surface area contributed by atoms with Crippen LogP contribution in [-0.4, -0.2) is 22.5 Å². The summed E-state index contributed by atoms with van der Waals surface area (Å²) in [6.07, 6.45) is 1.75. The van der Waals surface area contributed by atoms with Crippen molar-refractivity contribution in [1.82, 2.24) is 0 Å². The molecular formula is C25H26ClN3O5. The molecular weight excluding hydrogens is 458 g/mol. The number of oxime groups is 1. The maximum Gasteiger partial charge on any atom is 0.365 e. The van der Waals surface area contributed by atoms with Crippen LogP contribution >= 0.6 is 11.6 Å². The third-order valence-corrected chi connectivity index (χ3v) is 8.54. The van der Waals surface area contributed by atoms with Crippen molar-refractivity contribution < 1.29 is 19.3 Å². The zero-order valence-electron chi connectivity index (χ0n) is 19.5. The van der Waals surface area contributed by atoms with Crippen LogP contribution in [0, 0.1) is 33.3 Å². The number of carbonyl (C=O) groups is 2. The number of benzene rings is 2. The maximum absolute atomic E-state index is 13.6. The second-order valence-corrected chi connectivity index (χ2v) is 10.3. The molecule has 0 saturated heterocycles. The minimum absolute atomic E-state index is 0.0369. The summed E-state index contributed by atoms with van der Waals surface area (Å²) in [5, 5.41) is 18.8. The molecule has 2 unspecified atom stereocenters. The highest BCUT2D eigenvalue weighted by molar-refractivity contribution is 6.31. The molecule has 1 amide bonds. The van der Waals surface area contributed by atoms with E-state index in [-0.39, 0.29) is 17.2 Å². The monoisotopic (exact) mass is 483 g/mol. The molecule has 8 nitrogen and oxygen atoms in total. The average molecular weight is 484 g/mol. The predicted octanol–water partition coefficient (Wildman–Crippen LogP) is 5.92. The molecule has 2 aromatic carbocycles. The summed E-state index contributed by atoms with van der Waals surface area (Å²) in [7, 11) is 0. The summed E-state index contributed by atoms with van der Waals surface area (Å²) < 4.78 is 0. The minimum Gasteiger partial charge on any atom is -0.326 e. The van der Waals surface area contributed by atoms with Gasteiger partial charge in [0.25, 0.3) is 5.69 Å². The summed E-state index contributed by atoms with van der Waals surface area (Å²) >= 11 is 6.23. The van der Waals surface area contributed by atoms with Gasteiger partial charge in [0.05, 0.1) is 21.6 Å². The van der Waals surface area contributed by atoms with Crippen LogP contribution in [0.2, 0.25) is 5.02 Å². The Bertz CT molecular complexity index is 1240. The molecule has 0 aromatic heterocycles. The van der Waals surface area contributed by atoms with E-state index in [1.165, 1.54) is 18.2 Å². The number of anilines is 1.